The lowest BCUT2D eigenvalue weighted by atomic mass is 10.1. The third-order valence-electron chi connectivity index (χ3n) is 2.55. The van der Waals surface area contributed by atoms with E-state index in [0.29, 0.717) is 5.69 Å². The number of nitriles is 3. The molecule has 100 valence electrons. The first-order valence-corrected chi connectivity index (χ1v) is 6.11. The number of para-hydroxylation sites is 1. The van der Waals surface area contributed by atoms with Crippen LogP contribution in [0.15, 0.2) is 29.5 Å². The van der Waals surface area contributed by atoms with Crippen molar-refractivity contribution in [3.63, 3.8) is 0 Å². The molecule has 0 spiro atoms. The van der Waals surface area contributed by atoms with Gasteiger partial charge in [-0.05, 0) is 32.4 Å². The molecule has 0 aliphatic carbocycles. The molecule has 0 amide bonds. The number of rotatable bonds is 4. The van der Waals surface area contributed by atoms with Gasteiger partial charge in [-0.25, -0.2) is 0 Å². The monoisotopic (exact) mass is 265 g/mol. The maximum Gasteiger partial charge on any atom is 0.163 e. The first-order valence-electron chi connectivity index (χ1n) is 6.11. The lowest BCUT2D eigenvalue weighted by molar-refractivity contribution is 0.898. The smallest absolute Gasteiger partial charge is 0.163 e. The Morgan fingerprint density at radius 1 is 1.10 bits per heavy atom. The second-order valence-electron chi connectivity index (χ2n) is 4.51. The van der Waals surface area contributed by atoms with Crippen LogP contribution in [0.1, 0.15) is 19.4 Å². The van der Waals surface area contributed by atoms with E-state index < -0.39 is 0 Å². The van der Waals surface area contributed by atoms with Crippen molar-refractivity contribution in [1.82, 2.24) is 0 Å². The van der Waals surface area contributed by atoms with Crippen molar-refractivity contribution in [2.75, 3.05) is 10.6 Å². The highest BCUT2D eigenvalue weighted by Crippen LogP contribution is 2.27. The van der Waals surface area contributed by atoms with Crippen molar-refractivity contribution >= 4 is 11.4 Å². The van der Waals surface area contributed by atoms with E-state index in [1.54, 1.807) is 18.2 Å². The minimum atomic E-state index is -0.232. The van der Waals surface area contributed by atoms with Crippen LogP contribution in [0.25, 0.3) is 0 Å². The zero-order chi connectivity index (χ0) is 15.1. The minimum absolute atomic E-state index is 0.0487. The Morgan fingerprint density at radius 3 is 2.25 bits per heavy atom. The second kappa shape index (κ2) is 6.83. The Balaban J connectivity index is 3.27. The fourth-order valence-electron chi connectivity index (χ4n) is 1.67. The zero-order valence-electron chi connectivity index (χ0n) is 11.7. The van der Waals surface area contributed by atoms with E-state index in [0.717, 1.165) is 11.3 Å². The Hall–Kier alpha value is -2.97. The number of nitrogens with zero attached hydrogens (tertiary/aromatic N) is 3. The number of nitrogens with one attached hydrogen (secondary N) is 2. The summed E-state index contributed by atoms with van der Waals surface area (Å²) in [5.74, 6) is 0. The Labute approximate surface area is 118 Å². The van der Waals surface area contributed by atoms with Gasteiger partial charge in [-0.2, -0.15) is 15.8 Å². The topological polar surface area (TPSA) is 95.4 Å². The Bertz CT molecular complexity index is 634. The summed E-state index contributed by atoms with van der Waals surface area (Å²) in [5, 5.41) is 32.9. The number of allylic oxidation sites excluding steroid dienone is 2. The molecule has 2 N–H and O–H groups in total. The zero-order valence-corrected chi connectivity index (χ0v) is 11.7. The van der Waals surface area contributed by atoms with Crippen LogP contribution < -0.4 is 10.6 Å². The van der Waals surface area contributed by atoms with Gasteiger partial charge in [-0.3, -0.25) is 0 Å². The molecule has 0 bridgehead atoms. The van der Waals surface area contributed by atoms with Gasteiger partial charge < -0.3 is 10.6 Å². The SMILES string of the molecule is Cc1cccc(NC(C#N)=C(C#N)C#N)c1NC(C)C. The molecule has 0 heterocycles. The molecule has 0 aromatic heterocycles. The summed E-state index contributed by atoms with van der Waals surface area (Å²) in [7, 11) is 0. The van der Waals surface area contributed by atoms with Crippen LogP contribution in [-0.4, -0.2) is 6.04 Å². The molecule has 1 aromatic carbocycles. The van der Waals surface area contributed by atoms with Gasteiger partial charge in [0.1, 0.15) is 23.9 Å². The van der Waals surface area contributed by atoms with Crippen LogP contribution in [0.4, 0.5) is 11.4 Å². The van der Waals surface area contributed by atoms with Gasteiger partial charge in [-0.1, -0.05) is 12.1 Å². The van der Waals surface area contributed by atoms with Gasteiger partial charge in [0.25, 0.3) is 0 Å². The fourth-order valence-corrected chi connectivity index (χ4v) is 1.67. The molecule has 1 aromatic rings. The average molecular weight is 265 g/mol. The van der Waals surface area contributed by atoms with Crippen molar-refractivity contribution in [2.45, 2.75) is 26.8 Å². The molecule has 0 aliphatic rings. The highest BCUT2D eigenvalue weighted by Gasteiger charge is 2.11. The van der Waals surface area contributed by atoms with E-state index in [1.807, 2.05) is 39.0 Å². The summed E-state index contributed by atoms with van der Waals surface area (Å²) in [4.78, 5) is 0. The van der Waals surface area contributed by atoms with Crippen molar-refractivity contribution in [3.8, 4) is 18.2 Å². The van der Waals surface area contributed by atoms with E-state index in [1.165, 1.54) is 0 Å². The summed E-state index contributed by atoms with van der Waals surface area (Å²) >= 11 is 0. The quantitative estimate of drug-likeness (QED) is 0.816. The molecule has 0 aliphatic heterocycles. The summed E-state index contributed by atoms with van der Waals surface area (Å²) < 4.78 is 0. The Morgan fingerprint density at radius 2 is 1.75 bits per heavy atom. The van der Waals surface area contributed by atoms with Gasteiger partial charge in [-0.15, -0.1) is 0 Å². The molecule has 0 atom stereocenters. The van der Waals surface area contributed by atoms with Gasteiger partial charge in [0.05, 0.1) is 11.4 Å². The molecular formula is C15H15N5. The largest absolute Gasteiger partial charge is 0.381 e. The predicted molar refractivity (Wildman–Crippen MR) is 77.4 cm³/mol. The van der Waals surface area contributed by atoms with E-state index in [-0.39, 0.29) is 17.3 Å². The molecule has 5 nitrogen and oxygen atoms in total. The fraction of sp³-hybridized carbons (Fsp3) is 0.267. The number of hydrogen-bond acceptors (Lipinski definition) is 5. The van der Waals surface area contributed by atoms with Crippen molar-refractivity contribution in [2.24, 2.45) is 0 Å². The number of aryl methyl sites for hydroxylation is 1. The summed E-state index contributed by atoms with van der Waals surface area (Å²) in [6.07, 6.45) is 0. The third kappa shape index (κ3) is 3.51. The normalized spacial score (nSPS) is 9.05. The Kier molecular flexibility index (Phi) is 5.15. The van der Waals surface area contributed by atoms with Gasteiger partial charge in [0, 0.05) is 6.04 Å². The lowest BCUT2D eigenvalue weighted by Crippen LogP contribution is -2.13. The summed E-state index contributed by atoms with van der Waals surface area (Å²) in [6.45, 7) is 5.96. The van der Waals surface area contributed by atoms with Crippen LogP contribution in [-0.2, 0) is 0 Å². The van der Waals surface area contributed by atoms with Crippen molar-refractivity contribution < 1.29 is 0 Å². The van der Waals surface area contributed by atoms with Crippen LogP contribution >= 0.6 is 0 Å². The third-order valence-corrected chi connectivity index (χ3v) is 2.55. The molecule has 0 saturated carbocycles. The van der Waals surface area contributed by atoms with Gasteiger partial charge >= 0.3 is 0 Å². The van der Waals surface area contributed by atoms with E-state index in [4.69, 9.17) is 15.8 Å². The predicted octanol–water partition coefficient (Wildman–Crippen LogP) is 3.05. The highest BCUT2D eigenvalue weighted by molar-refractivity contribution is 5.75. The molecule has 20 heavy (non-hydrogen) atoms. The molecule has 0 saturated heterocycles. The van der Waals surface area contributed by atoms with Crippen molar-refractivity contribution in [3.05, 3.63) is 35.0 Å². The standard InChI is InChI=1S/C15H15N5/c1-10(2)19-15-11(3)5-4-6-13(15)20-14(9-18)12(7-16)8-17/h4-6,10,19-20H,1-3H3. The van der Waals surface area contributed by atoms with E-state index >= 15 is 0 Å². The first-order chi connectivity index (χ1) is 9.53. The highest BCUT2D eigenvalue weighted by atomic mass is 15.0. The van der Waals surface area contributed by atoms with Crippen LogP contribution in [0.5, 0.6) is 0 Å². The molecule has 0 unspecified atom stereocenters. The molecular weight excluding hydrogens is 250 g/mol. The van der Waals surface area contributed by atoms with Gasteiger partial charge in [0.15, 0.2) is 5.57 Å². The van der Waals surface area contributed by atoms with Crippen LogP contribution in [0, 0.1) is 40.9 Å². The van der Waals surface area contributed by atoms with E-state index in [2.05, 4.69) is 10.6 Å². The number of hydrogen-bond donors (Lipinski definition) is 2. The van der Waals surface area contributed by atoms with Gasteiger partial charge in [0.2, 0.25) is 0 Å². The summed E-state index contributed by atoms with van der Waals surface area (Å²) in [5.41, 5.74) is 2.25. The van der Waals surface area contributed by atoms with E-state index in [9.17, 15) is 0 Å². The molecule has 1 rings (SSSR count). The number of benzene rings is 1. The minimum Gasteiger partial charge on any atom is -0.381 e. The average Bonchev–Trinajstić information content (AvgIpc) is 2.42. The maximum absolute atomic E-state index is 9.07. The first kappa shape index (κ1) is 15.1. The molecule has 0 radical (unpaired) electrons. The molecule has 0 fully saturated rings. The van der Waals surface area contributed by atoms with Crippen molar-refractivity contribution in [1.29, 1.82) is 15.8 Å². The number of anilines is 2. The molecule has 5 heteroatoms. The van der Waals surface area contributed by atoms with Crippen LogP contribution in [0.2, 0.25) is 0 Å². The van der Waals surface area contributed by atoms with Crippen LogP contribution in [0.3, 0.4) is 0 Å². The lowest BCUT2D eigenvalue weighted by Gasteiger charge is -2.18. The second-order valence-corrected chi connectivity index (χ2v) is 4.51. The maximum atomic E-state index is 9.07. The summed E-state index contributed by atoms with van der Waals surface area (Å²) in [6, 6.07) is 11.1.